The Morgan fingerprint density at radius 2 is 2.00 bits per heavy atom. The molecule has 0 radical (unpaired) electrons. The topological polar surface area (TPSA) is 9.23 Å². The molecule has 0 N–H and O–H groups in total. The van der Waals surface area contributed by atoms with Gasteiger partial charge in [0.05, 0.1) is 6.61 Å². The van der Waals surface area contributed by atoms with E-state index in [0.29, 0.717) is 5.92 Å². The SMILES string of the molecule is C#CCC(CCC)c1ccc(OCCC)cc1CC. The maximum Gasteiger partial charge on any atom is 0.119 e. The van der Waals surface area contributed by atoms with Crippen molar-refractivity contribution in [3.05, 3.63) is 29.3 Å². The summed E-state index contributed by atoms with van der Waals surface area (Å²) in [7, 11) is 0. The zero-order valence-corrected chi connectivity index (χ0v) is 12.5. The van der Waals surface area contributed by atoms with Crippen LogP contribution < -0.4 is 4.74 Å². The summed E-state index contributed by atoms with van der Waals surface area (Å²) in [6.07, 6.45) is 10.7. The maximum absolute atomic E-state index is 5.71. The Kier molecular flexibility index (Phi) is 7.11. The van der Waals surface area contributed by atoms with Crippen molar-refractivity contribution in [2.75, 3.05) is 6.61 Å². The summed E-state index contributed by atoms with van der Waals surface area (Å²) in [6, 6.07) is 6.48. The maximum atomic E-state index is 5.71. The first kappa shape index (κ1) is 15.6. The van der Waals surface area contributed by atoms with Crippen LogP contribution in [-0.2, 0) is 6.42 Å². The molecule has 0 aliphatic rings. The van der Waals surface area contributed by atoms with Crippen molar-refractivity contribution in [1.82, 2.24) is 0 Å². The van der Waals surface area contributed by atoms with Gasteiger partial charge in [0.1, 0.15) is 5.75 Å². The minimum Gasteiger partial charge on any atom is -0.494 e. The number of hydrogen-bond acceptors (Lipinski definition) is 1. The molecule has 1 aromatic carbocycles. The highest BCUT2D eigenvalue weighted by Crippen LogP contribution is 2.30. The third kappa shape index (κ3) is 4.63. The van der Waals surface area contributed by atoms with Gasteiger partial charge in [0.15, 0.2) is 0 Å². The first-order valence-corrected chi connectivity index (χ1v) is 7.45. The molecule has 0 saturated heterocycles. The standard InChI is InChI=1S/C18H26O/c1-5-9-16(10-6-2)18-12-11-17(19-13-7-3)14-15(18)8-4/h1,11-12,14,16H,6-10,13H2,2-4H3. The molecule has 1 rings (SSSR count). The van der Waals surface area contributed by atoms with Gasteiger partial charge in [0, 0.05) is 6.42 Å². The Morgan fingerprint density at radius 3 is 2.58 bits per heavy atom. The molecule has 0 aliphatic carbocycles. The number of hydrogen-bond donors (Lipinski definition) is 0. The van der Waals surface area contributed by atoms with Gasteiger partial charge in [-0.2, -0.15) is 0 Å². The molecule has 0 spiro atoms. The van der Waals surface area contributed by atoms with Gasteiger partial charge in [-0.05, 0) is 48.4 Å². The molecule has 1 aromatic rings. The summed E-state index contributed by atoms with van der Waals surface area (Å²) in [5, 5.41) is 0. The fourth-order valence-electron chi connectivity index (χ4n) is 2.45. The minimum atomic E-state index is 0.491. The molecule has 1 nitrogen and oxygen atoms in total. The molecule has 19 heavy (non-hydrogen) atoms. The van der Waals surface area contributed by atoms with Crippen molar-refractivity contribution in [2.45, 2.75) is 58.8 Å². The van der Waals surface area contributed by atoms with Crippen LogP contribution in [0.3, 0.4) is 0 Å². The Hall–Kier alpha value is -1.42. The molecule has 1 unspecified atom stereocenters. The number of aryl methyl sites for hydroxylation is 1. The quantitative estimate of drug-likeness (QED) is 0.600. The Bertz CT molecular complexity index is 414. The Balaban J connectivity index is 2.95. The van der Waals surface area contributed by atoms with Crippen molar-refractivity contribution in [1.29, 1.82) is 0 Å². The van der Waals surface area contributed by atoms with Crippen molar-refractivity contribution in [3.8, 4) is 18.1 Å². The van der Waals surface area contributed by atoms with Crippen LogP contribution in [0.1, 0.15) is 63.5 Å². The molecule has 0 amide bonds. The van der Waals surface area contributed by atoms with Crippen LogP contribution in [0.25, 0.3) is 0 Å². The average molecular weight is 258 g/mol. The second-order valence-electron chi connectivity index (χ2n) is 4.96. The third-order valence-electron chi connectivity index (χ3n) is 3.41. The fraction of sp³-hybridized carbons (Fsp3) is 0.556. The summed E-state index contributed by atoms with van der Waals surface area (Å²) in [4.78, 5) is 0. The van der Waals surface area contributed by atoms with Crippen LogP contribution in [0.5, 0.6) is 5.75 Å². The summed E-state index contributed by atoms with van der Waals surface area (Å²) in [5.41, 5.74) is 2.79. The first-order valence-electron chi connectivity index (χ1n) is 7.45. The van der Waals surface area contributed by atoms with Crippen LogP contribution in [0.15, 0.2) is 18.2 Å². The lowest BCUT2D eigenvalue weighted by Crippen LogP contribution is -2.03. The summed E-state index contributed by atoms with van der Waals surface area (Å²) < 4.78 is 5.71. The van der Waals surface area contributed by atoms with Gasteiger partial charge in [0.2, 0.25) is 0 Å². The predicted octanol–water partition coefficient (Wildman–Crippen LogP) is 4.94. The summed E-state index contributed by atoms with van der Waals surface area (Å²) in [6.45, 7) is 7.32. The van der Waals surface area contributed by atoms with Crippen molar-refractivity contribution >= 4 is 0 Å². The number of terminal acetylenes is 1. The molecule has 104 valence electrons. The number of rotatable bonds is 8. The highest BCUT2D eigenvalue weighted by Gasteiger charge is 2.13. The van der Waals surface area contributed by atoms with Crippen LogP contribution in [0.2, 0.25) is 0 Å². The Labute approximate surface area is 118 Å². The van der Waals surface area contributed by atoms with Crippen molar-refractivity contribution in [2.24, 2.45) is 0 Å². The van der Waals surface area contributed by atoms with E-state index in [-0.39, 0.29) is 0 Å². The molecule has 0 aliphatic heterocycles. The van der Waals surface area contributed by atoms with E-state index in [1.807, 2.05) is 0 Å². The summed E-state index contributed by atoms with van der Waals surface area (Å²) in [5.74, 6) is 4.30. The smallest absolute Gasteiger partial charge is 0.119 e. The lowest BCUT2D eigenvalue weighted by Gasteiger charge is -2.18. The molecule has 1 atom stereocenters. The van der Waals surface area contributed by atoms with Crippen LogP contribution >= 0.6 is 0 Å². The van der Waals surface area contributed by atoms with Gasteiger partial charge < -0.3 is 4.74 Å². The molecule has 0 fully saturated rings. The monoisotopic (exact) mass is 258 g/mol. The zero-order valence-electron chi connectivity index (χ0n) is 12.5. The Morgan fingerprint density at radius 1 is 1.21 bits per heavy atom. The van der Waals surface area contributed by atoms with Gasteiger partial charge in [-0.15, -0.1) is 12.3 Å². The molecule has 1 heteroatoms. The molecule has 0 saturated carbocycles. The van der Waals surface area contributed by atoms with E-state index in [1.54, 1.807) is 0 Å². The minimum absolute atomic E-state index is 0.491. The van der Waals surface area contributed by atoms with E-state index in [9.17, 15) is 0 Å². The average Bonchev–Trinajstić information content (AvgIpc) is 2.44. The van der Waals surface area contributed by atoms with Gasteiger partial charge >= 0.3 is 0 Å². The predicted molar refractivity (Wildman–Crippen MR) is 82.7 cm³/mol. The molecule has 0 heterocycles. The van der Waals surface area contributed by atoms with E-state index in [0.717, 1.165) is 38.0 Å². The highest BCUT2D eigenvalue weighted by atomic mass is 16.5. The second kappa shape index (κ2) is 8.64. The van der Waals surface area contributed by atoms with Crippen LogP contribution in [0.4, 0.5) is 0 Å². The first-order chi connectivity index (χ1) is 9.26. The highest BCUT2D eigenvalue weighted by molar-refractivity contribution is 5.38. The van der Waals surface area contributed by atoms with E-state index in [2.05, 4.69) is 44.9 Å². The molecule has 0 aromatic heterocycles. The number of ether oxygens (including phenoxy) is 1. The van der Waals surface area contributed by atoms with Gasteiger partial charge in [-0.1, -0.05) is 33.3 Å². The van der Waals surface area contributed by atoms with Gasteiger partial charge in [-0.3, -0.25) is 0 Å². The van der Waals surface area contributed by atoms with Crippen molar-refractivity contribution in [3.63, 3.8) is 0 Å². The third-order valence-corrected chi connectivity index (χ3v) is 3.41. The fourth-order valence-corrected chi connectivity index (χ4v) is 2.45. The van der Waals surface area contributed by atoms with E-state index < -0.39 is 0 Å². The van der Waals surface area contributed by atoms with E-state index in [4.69, 9.17) is 11.2 Å². The molecular formula is C18H26O. The zero-order chi connectivity index (χ0) is 14.1. The van der Waals surface area contributed by atoms with Gasteiger partial charge in [-0.25, -0.2) is 0 Å². The van der Waals surface area contributed by atoms with E-state index >= 15 is 0 Å². The lowest BCUT2D eigenvalue weighted by molar-refractivity contribution is 0.317. The molecular weight excluding hydrogens is 232 g/mol. The van der Waals surface area contributed by atoms with Crippen molar-refractivity contribution < 1.29 is 4.74 Å². The number of benzene rings is 1. The normalized spacial score (nSPS) is 11.9. The summed E-state index contributed by atoms with van der Waals surface area (Å²) >= 11 is 0. The van der Waals surface area contributed by atoms with Gasteiger partial charge in [0.25, 0.3) is 0 Å². The lowest BCUT2D eigenvalue weighted by atomic mass is 9.87. The van der Waals surface area contributed by atoms with E-state index in [1.165, 1.54) is 17.5 Å². The van der Waals surface area contributed by atoms with Crippen LogP contribution in [-0.4, -0.2) is 6.61 Å². The molecule has 0 bridgehead atoms. The van der Waals surface area contributed by atoms with Crippen LogP contribution in [0, 0.1) is 12.3 Å². The largest absolute Gasteiger partial charge is 0.494 e. The second-order valence-corrected chi connectivity index (χ2v) is 4.96.